The van der Waals surface area contributed by atoms with E-state index in [1.54, 1.807) is 63.3 Å². The van der Waals surface area contributed by atoms with Crippen molar-refractivity contribution in [3.63, 3.8) is 0 Å². The van der Waals surface area contributed by atoms with E-state index in [4.69, 9.17) is 4.74 Å². The molecule has 0 bridgehead atoms. The van der Waals surface area contributed by atoms with Crippen molar-refractivity contribution in [3.8, 4) is 23.9 Å². The summed E-state index contributed by atoms with van der Waals surface area (Å²) < 4.78 is 10.1. The zero-order chi connectivity index (χ0) is 51.8. The molecule has 0 N–H and O–H groups in total. The fourth-order valence-electron chi connectivity index (χ4n) is 10.9. The molecule has 2 aliphatic rings. The summed E-state index contributed by atoms with van der Waals surface area (Å²) in [6.07, 6.45) is 19.4. The predicted molar refractivity (Wildman–Crippen MR) is 319 cm³/mol. The fourth-order valence-corrected chi connectivity index (χ4v) is 21.8. The van der Waals surface area contributed by atoms with Crippen LogP contribution in [-0.4, -0.2) is 24.8 Å². The third kappa shape index (κ3) is 10.8. The summed E-state index contributed by atoms with van der Waals surface area (Å²) in [7, 11) is -2.61. The molecule has 9 heteroatoms. The standard InChI is InChI=1S/C65H67O3PS4.Os/c1-8-14-26-44(11-4)38-56-58-59(57(72-56)39-45(12-5)27-15-9-2)63(67)61-60(62(58)66)64(54-35-34-51(70-54)25-10-3)73-65(61)55-37-36-53(71-55)52(40-47-42-68-41-46(47)13-6)43(7)69(48-28-19-16-20-29-48,49-30-21-17-22-31-49)50-32-23-18-24-33-50;/h10,13,16-25,28-37,40,44-45H,8-9,11-12,14-15,26-27,38-39,41-42H2,1-6H3;/q+1;/b25-10+,46-13?,47-40?,52-43?;. The summed E-state index contributed by atoms with van der Waals surface area (Å²) in [5, 5.41) is 4.90. The number of carbonyl (C=O) groups is 2. The Hall–Kier alpha value is -4.43. The van der Waals surface area contributed by atoms with Gasteiger partial charge >= 0.3 is 354 Å². The number of fused-ring (bicyclic) bond motifs is 2. The van der Waals surface area contributed by atoms with Crippen molar-refractivity contribution in [2.75, 3.05) is 13.2 Å². The number of ketones is 2. The molecule has 9 rings (SSSR count). The molecule has 0 saturated carbocycles. The van der Waals surface area contributed by atoms with E-state index in [0.717, 1.165) is 113 Å². The molecule has 2 unspecified atom stereocenters. The van der Waals surface area contributed by atoms with Gasteiger partial charge in [-0.15, -0.1) is 0 Å². The number of unbranched alkanes of at least 4 members (excludes halogenated alkanes) is 2. The van der Waals surface area contributed by atoms with Gasteiger partial charge in [0.2, 0.25) is 0 Å². The Bertz CT molecular complexity index is 3190. The molecule has 7 aromatic rings. The number of thiophene rings is 4. The second-order valence-electron chi connectivity index (χ2n) is 19.5. The van der Waals surface area contributed by atoms with Gasteiger partial charge in [-0.25, -0.2) is 0 Å². The minimum absolute atomic E-state index is 0.0229. The van der Waals surface area contributed by atoms with Crippen molar-refractivity contribution in [2.24, 2.45) is 11.8 Å². The number of rotatable bonds is 21. The van der Waals surface area contributed by atoms with E-state index >= 15 is 9.59 Å². The van der Waals surface area contributed by atoms with Crippen molar-refractivity contribution >= 4 is 91.7 Å². The first kappa shape index (κ1) is 54.4. The number of hydrogen-bond donors (Lipinski definition) is 0. The summed E-state index contributed by atoms with van der Waals surface area (Å²) in [6.45, 7) is 14.3. The number of hydrogen-bond acceptors (Lipinski definition) is 7. The Morgan fingerprint density at radius 3 is 1.59 bits per heavy atom. The quantitative estimate of drug-likeness (QED) is 0.0674. The van der Waals surface area contributed by atoms with Crippen LogP contribution in [-0.2, 0) is 35.5 Å². The number of benzene rings is 3. The topological polar surface area (TPSA) is 43.4 Å². The van der Waals surface area contributed by atoms with Gasteiger partial charge in [0, 0.05) is 0 Å². The normalized spacial score (nSPS) is 16.0. The molecule has 1 saturated heterocycles. The molecule has 381 valence electrons. The fraction of sp³-hybridized carbons (Fsp3) is 0.308. The van der Waals surface area contributed by atoms with Crippen molar-refractivity contribution in [1.82, 2.24) is 0 Å². The average molecular weight is 1250 g/mol. The van der Waals surface area contributed by atoms with Crippen LogP contribution in [0.4, 0.5) is 0 Å². The molecule has 4 aromatic heterocycles. The van der Waals surface area contributed by atoms with Crippen LogP contribution in [0, 0.1) is 16.2 Å². The van der Waals surface area contributed by atoms with Crippen LogP contribution in [0.15, 0.2) is 150 Å². The van der Waals surface area contributed by atoms with E-state index in [2.05, 4.69) is 179 Å². The average Bonchev–Trinajstić information content (AvgIpc) is 4.32. The van der Waals surface area contributed by atoms with Gasteiger partial charge in [0.25, 0.3) is 0 Å². The second kappa shape index (κ2) is 25.1. The van der Waals surface area contributed by atoms with Crippen LogP contribution < -0.4 is 15.9 Å². The Kier molecular flexibility index (Phi) is 18.5. The zero-order valence-electron chi connectivity index (χ0n) is 43.6. The van der Waals surface area contributed by atoms with Crippen molar-refractivity contribution in [3.05, 3.63) is 192 Å². The molecule has 0 spiro atoms. The molecule has 1 fully saturated rings. The summed E-state index contributed by atoms with van der Waals surface area (Å²) >= 11 is 8.62. The van der Waals surface area contributed by atoms with Gasteiger partial charge in [0.1, 0.15) is 0 Å². The first-order valence-corrected chi connectivity index (χ1v) is 32.9. The Balaban J connectivity index is 1.30. The van der Waals surface area contributed by atoms with Gasteiger partial charge in [0.05, 0.1) is 0 Å². The van der Waals surface area contributed by atoms with E-state index in [9.17, 15) is 0 Å². The van der Waals surface area contributed by atoms with Crippen molar-refractivity contribution in [1.29, 1.82) is 0 Å². The molecule has 0 radical (unpaired) electrons. The Labute approximate surface area is 466 Å². The van der Waals surface area contributed by atoms with Gasteiger partial charge in [-0.05, 0) is 31.3 Å². The van der Waals surface area contributed by atoms with Crippen molar-refractivity contribution in [2.45, 2.75) is 106 Å². The van der Waals surface area contributed by atoms with Gasteiger partial charge in [-0.1, -0.05) is 85.1 Å². The molecular weight excluding hydrogens is 1180 g/mol. The maximum atomic E-state index is 16.1. The van der Waals surface area contributed by atoms with E-state index in [-0.39, 0.29) is 11.6 Å². The Morgan fingerprint density at radius 1 is 0.622 bits per heavy atom. The van der Waals surface area contributed by atoms with Crippen LogP contribution in [0.2, 0.25) is 0 Å². The molecule has 1 aliphatic heterocycles. The Morgan fingerprint density at radius 2 is 1.12 bits per heavy atom. The SMILES string of the molecule is CC=C1COCC1=CC(=C([C]#[Os])[P+](c1ccccc1)(c1ccccc1)c1ccccc1)c1ccc(-c2sc(-c3ccc(/C=C/C)s3)c3c2C(=O)c2c(CC(CC)CCCC)sc(CC(CC)CCCC)c2C3=O)s1. The number of allylic oxidation sites excluding steroid dienone is 5. The number of ether oxygens (including phenoxy) is 1. The molecule has 3 aromatic carbocycles. The number of carbonyl (C=O) groups excluding carboxylic acids is 2. The van der Waals surface area contributed by atoms with Crippen LogP contribution >= 0.6 is 52.6 Å². The van der Waals surface area contributed by atoms with Crippen LogP contribution in [0.5, 0.6) is 0 Å². The molecular formula is C65H67O3OsPS4+. The predicted octanol–water partition coefficient (Wildman–Crippen LogP) is 17.7. The summed E-state index contributed by atoms with van der Waals surface area (Å²) in [5.41, 5.74) is 6.01. The van der Waals surface area contributed by atoms with Gasteiger partial charge < -0.3 is 0 Å². The van der Waals surface area contributed by atoms with Gasteiger partial charge in [0.15, 0.2) is 0 Å². The maximum absolute atomic E-state index is 16.1. The molecule has 74 heavy (non-hydrogen) atoms. The van der Waals surface area contributed by atoms with E-state index < -0.39 is 7.26 Å². The van der Waals surface area contributed by atoms with Crippen molar-refractivity contribution < 1.29 is 32.3 Å². The molecule has 0 amide bonds. The van der Waals surface area contributed by atoms with E-state index in [1.165, 1.54) is 27.9 Å². The first-order chi connectivity index (χ1) is 36.2. The van der Waals surface area contributed by atoms with Crippen LogP contribution in [0.1, 0.15) is 144 Å². The van der Waals surface area contributed by atoms with Gasteiger partial charge in [-0.3, -0.25) is 0 Å². The summed E-state index contributed by atoms with van der Waals surface area (Å²) in [6, 6.07) is 41.8. The van der Waals surface area contributed by atoms with Gasteiger partial charge in [-0.2, -0.15) is 0 Å². The zero-order valence-corrected chi connectivity index (χ0v) is 50.3. The monoisotopic (exact) mass is 1250 g/mol. The second-order valence-corrected chi connectivity index (χ2v) is 27.9. The third-order valence-electron chi connectivity index (χ3n) is 14.9. The van der Waals surface area contributed by atoms with E-state index in [0.29, 0.717) is 47.3 Å². The summed E-state index contributed by atoms with van der Waals surface area (Å²) in [4.78, 5) is 40.2. The summed E-state index contributed by atoms with van der Waals surface area (Å²) in [5.74, 6) is 0.972. The van der Waals surface area contributed by atoms with Crippen LogP contribution in [0.25, 0.3) is 31.2 Å². The van der Waals surface area contributed by atoms with Crippen LogP contribution in [0.3, 0.4) is 0 Å². The molecule has 2 atom stereocenters. The molecule has 1 aliphatic carbocycles. The molecule has 5 heterocycles. The molecule has 3 nitrogen and oxygen atoms in total. The minimum atomic E-state index is -2.61. The third-order valence-corrected chi connectivity index (χ3v) is 25.2. The van der Waals surface area contributed by atoms with E-state index in [1.807, 2.05) is 6.92 Å². The first-order valence-electron chi connectivity index (χ1n) is 26.6.